The number of nitrogens with zero attached hydrogens (tertiary/aromatic N) is 1. The monoisotopic (exact) mass is 377 g/mol. The summed E-state index contributed by atoms with van der Waals surface area (Å²) in [5.74, 6) is -0.390. The molecule has 2 amide bonds. The van der Waals surface area contributed by atoms with Gasteiger partial charge in [-0.3, -0.25) is 9.59 Å². The Hall–Kier alpha value is -2.80. The van der Waals surface area contributed by atoms with E-state index in [1.54, 1.807) is 18.2 Å². The van der Waals surface area contributed by atoms with E-state index in [4.69, 9.17) is 16.3 Å². The van der Waals surface area contributed by atoms with Gasteiger partial charge in [-0.1, -0.05) is 11.6 Å². The van der Waals surface area contributed by atoms with Gasteiger partial charge in [0.2, 0.25) is 5.91 Å². The van der Waals surface area contributed by atoms with Crippen LogP contribution in [0, 0.1) is 5.82 Å². The van der Waals surface area contributed by atoms with Gasteiger partial charge in [0.1, 0.15) is 11.6 Å². The summed E-state index contributed by atoms with van der Waals surface area (Å²) in [4.78, 5) is 25.3. The molecule has 0 unspecified atom stereocenters. The van der Waals surface area contributed by atoms with Crippen LogP contribution in [0.3, 0.4) is 0 Å². The molecule has 0 radical (unpaired) electrons. The summed E-state index contributed by atoms with van der Waals surface area (Å²) in [5, 5.41) is 5.88. The number of anilines is 2. The van der Waals surface area contributed by atoms with Crippen LogP contribution in [0.15, 0.2) is 42.5 Å². The lowest BCUT2D eigenvalue weighted by Gasteiger charge is -2.29. The van der Waals surface area contributed by atoms with E-state index in [1.807, 2.05) is 4.90 Å². The van der Waals surface area contributed by atoms with Gasteiger partial charge in [-0.25, -0.2) is 4.39 Å². The van der Waals surface area contributed by atoms with Crippen molar-refractivity contribution < 1.29 is 18.7 Å². The van der Waals surface area contributed by atoms with Gasteiger partial charge in [0, 0.05) is 18.8 Å². The molecule has 0 spiro atoms. The summed E-state index contributed by atoms with van der Waals surface area (Å²) in [6.07, 6.45) is 0. The normalized spacial score (nSPS) is 13.9. The van der Waals surface area contributed by atoms with E-state index in [0.717, 1.165) is 5.69 Å². The second kappa shape index (κ2) is 8.05. The van der Waals surface area contributed by atoms with Crippen LogP contribution in [-0.2, 0) is 9.59 Å². The number of piperazine rings is 1. The Labute approximate surface area is 154 Å². The Morgan fingerprint density at radius 2 is 2.04 bits per heavy atom. The second-order valence-corrected chi connectivity index (χ2v) is 6.14. The molecule has 1 heterocycles. The zero-order valence-corrected chi connectivity index (χ0v) is 14.6. The molecule has 136 valence electrons. The van der Waals surface area contributed by atoms with E-state index in [1.165, 1.54) is 24.3 Å². The van der Waals surface area contributed by atoms with Crippen LogP contribution in [0.1, 0.15) is 0 Å². The van der Waals surface area contributed by atoms with Crippen molar-refractivity contribution in [3.8, 4) is 5.75 Å². The van der Waals surface area contributed by atoms with Crippen LogP contribution in [0.4, 0.5) is 15.8 Å². The maximum Gasteiger partial charge on any atom is 0.262 e. The first kappa shape index (κ1) is 18.0. The smallest absolute Gasteiger partial charge is 0.262 e. The Morgan fingerprint density at radius 3 is 2.73 bits per heavy atom. The maximum absolute atomic E-state index is 12.8. The van der Waals surface area contributed by atoms with Gasteiger partial charge in [-0.05, 0) is 42.5 Å². The summed E-state index contributed by atoms with van der Waals surface area (Å²) in [5.41, 5.74) is 1.26. The third-order valence-electron chi connectivity index (χ3n) is 3.79. The molecule has 1 aliphatic heterocycles. The molecular formula is C18H17ClFN3O3. The molecule has 2 aromatic rings. The Morgan fingerprint density at radius 1 is 1.27 bits per heavy atom. The van der Waals surface area contributed by atoms with E-state index in [0.29, 0.717) is 29.5 Å². The van der Waals surface area contributed by atoms with Gasteiger partial charge < -0.3 is 20.3 Å². The highest BCUT2D eigenvalue weighted by Crippen LogP contribution is 2.29. The maximum atomic E-state index is 12.8. The Balaban J connectivity index is 1.57. The fraction of sp³-hybridized carbons (Fsp3) is 0.222. The number of hydrogen-bond donors (Lipinski definition) is 2. The van der Waals surface area contributed by atoms with Crippen molar-refractivity contribution in [2.75, 3.05) is 36.5 Å². The molecule has 2 aromatic carbocycles. The quantitative estimate of drug-likeness (QED) is 0.839. The molecule has 2 N–H and O–H groups in total. The number of benzene rings is 2. The topological polar surface area (TPSA) is 70.7 Å². The Kier molecular flexibility index (Phi) is 5.58. The zero-order chi connectivity index (χ0) is 18.5. The first-order chi connectivity index (χ1) is 12.5. The fourth-order valence-electron chi connectivity index (χ4n) is 2.56. The average molecular weight is 378 g/mol. The number of hydrogen-bond acceptors (Lipinski definition) is 4. The molecule has 1 saturated heterocycles. The van der Waals surface area contributed by atoms with Crippen molar-refractivity contribution >= 4 is 34.8 Å². The zero-order valence-electron chi connectivity index (χ0n) is 13.8. The molecule has 0 saturated carbocycles. The van der Waals surface area contributed by atoms with Gasteiger partial charge in [0.05, 0.1) is 17.3 Å². The molecule has 1 aliphatic rings. The minimum absolute atomic E-state index is 0.0531. The molecule has 0 bridgehead atoms. The number of carbonyl (C=O) groups excluding carboxylic acids is 2. The summed E-state index contributed by atoms with van der Waals surface area (Å²) < 4.78 is 18.1. The van der Waals surface area contributed by atoms with Crippen LogP contribution in [0.25, 0.3) is 0 Å². The van der Waals surface area contributed by atoms with Gasteiger partial charge in [0.15, 0.2) is 6.61 Å². The minimum Gasteiger partial charge on any atom is -0.484 e. The van der Waals surface area contributed by atoms with E-state index in [9.17, 15) is 14.0 Å². The number of ether oxygens (including phenoxy) is 1. The molecule has 6 nitrogen and oxygen atoms in total. The molecule has 0 aliphatic carbocycles. The number of amides is 2. The number of halogens is 2. The third-order valence-corrected chi connectivity index (χ3v) is 4.10. The first-order valence-electron chi connectivity index (χ1n) is 8.01. The van der Waals surface area contributed by atoms with E-state index < -0.39 is 0 Å². The van der Waals surface area contributed by atoms with Crippen molar-refractivity contribution in [2.45, 2.75) is 0 Å². The predicted octanol–water partition coefficient (Wildman–Crippen LogP) is 2.43. The summed E-state index contributed by atoms with van der Waals surface area (Å²) >= 11 is 6.29. The first-order valence-corrected chi connectivity index (χ1v) is 8.38. The molecule has 0 aromatic heterocycles. The molecular weight excluding hydrogens is 361 g/mol. The lowest BCUT2D eigenvalue weighted by Crippen LogP contribution is -2.47. The van der Waals surface area contributed by atoms with Crippen LogP contribution < -0.4 is 20.3 Å². The SMILES string of the molecule is O=C1CN(c2ccc(NC(=O)COc3ccc(F)cc3)cc2Cl)CCN1. The van der Waals surface area contributed by atoms with E-state index in [-0.39, 0.29) is 30.8 Å². The molecule has 3 rings (SSSR count). The summed E-state index contributed by atoms with van der Waals surface area (Å²) in [6, 6.07) is 10.5. The highest BCUT2D eigenvalue weighted by atomic mass is 35.5. The lowest BCUT2D eigenvalue weighted by molar-refractivity contribution is -0.120. The number of nitrogens with one attached hydrogen (secondary N) is 2. The van der Waals surface area contributed by atoms with Crippen molar-refractivity contribution in [3.05, 3.63) is 53.3 Å². The van der Waals surface area contributed by atoms with Gasteiger partial charge in [-0.2, -0.15) is 0 Å². The average Bonchev–Trinajstić information content (AvgIpc) is 2.61. The van der Waals surface area contributed by atoms with Crippen molar-refractivity contribution in [2.24, 2.45) is 0 Å². The minimum atomic E-state index is -0.372. The molecule has 26 heavy (non-hydrogen) atoms. The van der Waals surface area contributed by atoms with Gasteiger partial charge >= 0.3 is 0 Å². The second-order valence-electron chi connectivity index (χ2n) is 5.73. The van der Waals surface area contributed by atoms with E-state index in [2.05, 4.69) is 10.6 Å². The van der Waals surface area contributed by atoms with Crippen LogP contribution >= 0.6 is 11.6 Å². The third kappa shape index (κ3) is 4.64. The predicted molar refractivity (Wildman–Crippen MR) is 97.2 cm³/mol. The standard InChI is InChI=1S/C18H17ClFN3O3/c19-15-9-13(3-6-16(15)23-8-7-21-17(24)10-23)22-18(25)11-26-14-4-1-12(20)2-5-14/h1-6,9H,7-8,10-11H2,(H,21,24)(H,22,25). The summed E-state index contributed by atoms with van der Waals surface area (Å²) in [7, 11) is 0. The van der Waals surface area contributed by atoms with Crippen LogP contribution in [-0.4, -0.2) is 38.1 Å². The largest absolute Gasteiger partial charge is 0.484 e. The fourth-order valence-corrected chi connectivity index (χ4v) is 2.86. The highest BCUT2D eigenvalue weighted by Gasteiger charge is 2.18. The number of rotatable bonds is 5. The highest BCUT2D eigenvalue weighted by molar-refractivity contribution is 6.33. The van der Waals surface area contributed by atoms with Gasteiger partial charge in [0.25, 0.3) is 5.91 Å². The van der Waals surface area contributed by atoms with Gasteiger partial charge in [-0.15, -0.1) is 0 Å². The lowest BCUT2D eigenvalue weighted by atomic mass is 10.2. The summed E-state index contributed by atoms with van der Waals surface area (Å²) in [6.45, 7) is 1.27. The molecule has 0 atom stereocenters. The van der Waals surface area contributed by atoms with E-state index >= 15 is 0 Å². The van der Waals surface area contributed by atoms with Crippen molar-refractivity contribution in [1.29, 1.82) is 0 Å². The molecule has 1 fully saturated rings. The van der Waals surface area contributed by atoms with Crippen LogP contribution in [0.2, 0.25) is 5.02 Å². The van der Waals surface area contributed by atoms with Crippen molar-refractivity contribution in [1.82, 2.24) is 5.32 Å². The number of carbonyl (C=O) groups is 2. The Bertz CT molecular complexity index is 814. The van der Waals surface area contributed by atoms with Crippen LogP contribution in [0.5, 0.6) is 5.75 Å². The van der Waals surface area contributed by atoms with Crippen molar-refractivity contribution in [3.63, 3.8) is 0 Å². The molecule has 8 heteroatoms.